The highest BCUT2D eigenvalue weighted by Crippen LogP contribution is 2.18. The summed E-state index contributed by atoms with van der Waals surface area (Å²) in [6.07, 6.45) is 1.98. The van der Waals surface area contributed by atoms with E-state index in [4.69, 9.17) is 17.3 Å². The van der Waals surface area contributed by atoms with Gasteiger partial charge in [-0.15, -0.1) is 0 Å². The second-order valence-electron chi connectivity index (χ2n) is 5.19. The molecule has 0 saturated carbocycles. The largest absolute Gasteiger partial charge is 0.395 e. The molecule has 0 aromatic carbocycles. The first kappa shape index (κ1) is 16.7. The van der Waals surface area contributed by atoms with Crippen LogP contribution in [0.2, 0.25) is 0 Å². The molecule has 0 spiro atoms. The summed E-state index contributed by atoms with van der Waals surface area (Å²) in [6.45, 7) is 0.0619. The molecule has 2 aliphatic rings. The average Bonchev–Trinajstić information content (AvgIpc) is 2.88. The molecule has 0 amide bonds. The molecule has 2 heterocycles. The maximum Gasteiger partial charge on any atom is 0.173 e. The van der Waals surface area contributed by atoms with E-state index >= 15 is 0 Å². The number of sulfone groups is 2. The molecule has 2 aliphatic heterocycles. The van der Waals surface area contributed by atoms with Gasteiger partial charge < -0.3 is 15.3 Å². The van der Waals surface area contributed by atoms with Gasteiger partial charge in [0.05, 0.1) is 29.9 Å². The molecule has 1 saturated heterocycles. The summed E-state index contributed by atoms with van der Waals surface area (Å²) < 4.78 is 45.8. The number of aliphatic hydroxyl groups is 1. The van der Waals surface area contributed by atoms with Gasteiger partial charge in [0.25, 0.3) is 0 Å². The van der Waals surface area contributed by atoms with Gasteiger partial charge in [-0.25, -0.2) is 16.8 Å². The van der Waals surface area contributed by atoms with Crippen LogP contribution in [0, 0.1) is 0 Å². The lowest BCUT2D eigenvalue weighted by Crippen LogP contribution is -2.50. The van der Waals surface area contributed by atoms with Crippen molar-refractivity contribution in [3.05, 3.63) is 11.5 Å². The lowest BCUT2D eigenvalue weighted by Gasteiger charge is -2.31. The molecule has 0 radical (unpaired) electrons. The number of aliphatic hydroxyl groups excluding tert-OH is 1. The van der Waals surface area contributed by atoms with E-state index in [9.17, 15) is 16.8 Å². The van der Waals surface area contributed by atoms with Crippen molar-refractivity contribution in [3.63, 3.8) is 0 Å². The number of hydrogen-bond acceptors (Lipinski definition) is 6. The van der Waals surface area contributed by atoms with Crippen molar-refractivity contribution in [3.8, 4) is 0 Å². The Morgan fingerprint density at radius 1 is 1.33 bits per heavy atom. The summed E-state index contributed by atoms with van der Waals surface area (Å²) in [4.78, 5) is 1.64. The van der Waals surface area contributed by atoms with Crippen molar-refractivity contribution < 1.29 is 21.9 Å². The molecule has 2 atom stereocenters. The first-order valence-corrected chi connectivity index (χ1v) is 10.5. The zero-order valence-electron chi connectivity index (χ0n) is 11.3. The van der Waals surface area contributed by atoms with Crippen molar-refractivity contribution >= 4 is 37.0 Å². The number of rotatable bonds is 4. The molecule has 0 aromatic rings. The second kappa shape index (κ2) is 6.19. The summed E-state index contributed by atoms with van der Waals surface area (Å²) in [7, 11) is -6.24. The Morgan fingerprint density at radius 3 is 2.52 bits per heavy atom. The SMILES string of the molecule is O=S1(=O)C=CC(NC(=S)N(CCO)C2CCS(=O)(=O)C2)C1. The van der Waals surface area contributed by atoms with Gasteiger partial charge in [0, 0.05) is 18.0 Å². The van der Waals surface area contributed by atoms with E-state index in [1.54, 1.807) is 4.90 Å². The van der Waals surface area contributed by atoms with Crippen LogP contribution in [0.1, 0.15) is 6.42 Å². The van der Waals surface area contributed by atoms with Gasteiger partial charge in [0.1, 0.15) is 0 Å². The third-order valence-electron chi connectivity index (χ3n) is 3.49. The Labute approximate surface area is 129 Å². The van der Waals surface area contributed by atoms with Crippen molar-refractivity contribution in [2.45, 2.75) is 18.5 Å². The van der Waals surface area contributed by atoms with E-state index in [1.165, 1.54) is 6.08 Å². The second-order valence-corrected chi connectivity index (χ2v) is 9.73. The Bertz CT molecular complexity index is 641. The third kappa shape index (κ3) is 4.38. The molecule has 2 unspecified atom stereocenters. The maximum atomic E-state index is 11.6. The van der Waals surface area contributed by atoms with Crippen LogP contribution in [-0.2, 0) is 19.7 Å². The number of hydrogen-bond donors (Lipinski definition) is 2. The summed E-state index contributed by atoms with van der Waals surface area (Å²) in [5.41, 5.74) is 0. The van der Waals surface area contributed by atoms with Crippen LogP contribution in [0.3, 0.4) is 0 Å². The average molecular weight is 354 g/mol. The van der Waals surface area contributed by atoms with E-state index in [0.29, 0.717) is 6.42 Å². The van der Waals surface area contributed by atoms with E-state index < -0.39 is 25.7 Å². The topological polar surface area (TPSA) is 104 Å². The minimum absolute atomic E-state index is 0.00756. The van der Waals surface area contributed by atoms with Crippen LogP contribution in [0.25, 0.3) is 0 Å². The zero-order chi connectivity index (χ0) is 15.7. The van der Waals surface area contributed by atoms with Gasteiger partial charge in [-0.1, -0.05) is 0 Å². The van der Waals surface area contributed by atoms with Gasteiger partial charge >= 0.3 is 0 Å². The Hall–Kier alpha value is -0.710. The van der Waals surface area contributed by atoms with Crippen molar-refractivity contribution in [2.24, 2.45) is 0 Å². The molecule has 120 valence electrons. The van der Waals surface area contributed by atoms with Crippen molar-refractivity contribution in [2.75, 3.05) is 30.4 Å². The predicted octanol–water partition coefficient (Wildman–Crippen LogP) is -1.35. The maximum absolute atomic E-state index is 11.6. The molecule has 10 heteroatoms. The lowest BCUT2D eigenvalue weighted by molar-refractivity contribution is 0.224. The molecule has 0 aliphatic carbocycles. The summed E-state index contributed by atoms with van der Waals surface area (Å²) in [5, 5.41) is 13.5. The molecule has 0 bridgehead atoms. The van der Waals surface area contributed by atoms with Crippen molar-refractivity contribution in [1.82, 2.24) is 10.2 Å². The molecule has 7 nitrogen and oxygen atoms in total. The highest BCUT2D eigenvalue weighted by Gasteiger charge is 2.34. The minimum Gasteiger partial charge on any atom is -0.395 e. The van der Waals surface area contributed by atoms with Gasteiger partial charge in [-0.05, 0) is 24.7 Å². The van der Waals surface area contributed by atoms with Gasteiger partial charge in [-0.2, -0.15) is 0 Å². The smallest absolute Gasteiger partial charge is 0.173 e. The van der Waals surface area contributed by atoms with E-state index in [1.807, 2.05) is 0 Å². The number of thiocarbonyl (C=S) groups is 1. The standard InChI is InChI=1S/C11H18N2O5S3/c14-4-3-13(10-2-6-21(17,18)8-10)11(19)12-9-1-5-20(15,16)7-9/h1,5,9-10,14H,2-4,6-8H2,(H,12,19). The lowest BCUT2D eigenvalue weighted by atomic mass is 10.2. The van der Waals surface area contributed by atoms with Crippen LogP contribution < -0.4 is 5.32 Å². The van der Waals surface area contributed by atoms with Gasteiger partial charge in [-0.3, -0.25) is 0 Å². The molecular weight excluding hydrogens is 336 g/mol. The fourth-order valence-electron chi connectivity index (χ4n) is 2.49. The van der Waals surface area contributed by atoms with Crippen molar-refractivity contribution in [1.29, 1.82) is 0 Å². The quantitative estimate of drug-likeness (QED) is 0.598. The van der Waals surface area contributed by atoms with Crippen LogP contribution in [0.4, 0.5) is 0 Å². The van der Waals surface area contributed by atoms with Gasteiger partial charge in [0.2, 0.25) is 0 Å². The number of nitrogens with one attached hydrogen (secondary N) is 1. The predicted molar refractivity (Wildman–Crippen MR) is 83.3 cm³/mol. The Kier molecular flexibility index (Phi) is 4.91. The van der Waals surface area contributed by atoms with Gasteiger partial charge in [0.15, 0.2) is 24.8 Å². The Morgan fingerprint density at radius 2 is 2.05 bits per heavy atom. The van der Waals surface area contributed by atoms with E-state index in [-0.39, 0.29) is 41.6 Å². The third-order valence-corrected chi connectivity index (χ3v) is 6.99. The molecular formula is C11H18N2O5S3. The summed E-state index contributed by atoms with van der Waals surface area (Å²) >= 11 is 5.24. The first-order chi connectivity index (χ1) is 9.72. The zero-order valence-corrected chi connectivity index (χ0v) is 13.8. The molecule has 21 heavy (non-hydrogen) atoms. The summed E-state index contributed by atoms with van der Waals surface area (Å²) in [5.74, 6) is 0.0522. The van der Waals surface area contributed by atoms with Crippen LogP contribution in [0.5, 0.6) is 0 Å². The van der Waals surface area contributed by atoms with E-state index in [0.717, 1.165) is 5.41 Å². The normalized spacial score (nSPS) is 29.4. The molecule has 1 fully saturated rings. The fraction of sp³-hybridized carbons (Fsp3) is 0.727. The summed E-state index contributed by atoms with van der Waals surface area (Å²) in [6, 6.07) is -0.689. The fourth-order valence-corrected chi connectivity index (χ4v) is 5.84. The number of nitrogens with zero attached hydrogens (tertiary/aromatic N) is 1. The first-order valence-electron chi connectivity index (χ1n) is 6.52. The highest BCUT2D eigenvalue weighted by atomic mass is 32.2. The molecule has 0 aromatic heterocycles. The highest BCUT2D eigenvalue weighted by molar-refractivity contribution is 7.94. The molecule has 2 N–H and O–H groups in total. The van der Waals surface area contributed by atoms with Crippen LogP contribution in [-0.4, -0.2) is 74.4 Å². The minimum atomic E-state index is -3.18. The Balaban J connectivity index is 2.02. The molecule has 2 rings (SSSR count). The van der Waals surface area contributed by atoms with Crippen LogP contribution in [0.15, 0.2) is 11.5 Å². The van der Waals surface area contributed by atoms with E-state index in [2.05, 4.69) is 5.32 Å². The monoisotopic (exact) mass is 354 g/mol. The van der Waals surface area contributed by atoms with Crippen LogP contribution >= 0.6 is 12.2 Å².